The highest BCUT2D eigenvalue weighted by Gasteiger charge is 2.15. The molecule has 1 N–H and O–H groups in total. The van der Waals surface area contributed by atoms with E-state index in [1.54, 1.807) is 0 Å². The zero-order valence-electron chi connectivity index (χ0n) is 8.52. The van der Waals surface area contributed by atoms with Gasteiger partial charge in [0.1, 0.15) is 0 Å². The standard InChI is InChI=1S/C8H15NO.C2H6.H2/c1-2-8(10)9-7-5-3-4-6-7;1-2;/h7H,2-6H2,1H3,(H,9,10);1-2H3;1H. The third-order valence-corrected chi connectivity index (χ3v) is 2.04. The molecule has 0 spiro atoms. The van der Waals surface area contributed by atoms with E-state index in [0.717, 1.165) is 0 Å². The minimum atomic E-state index is 0. The first-order valence-electron chi connectivity index (χ1n) is 5.12. The first kappa shape index (κ1) is 11.5. The molecule has 0 saturated heterocycles. The zero-order chi connectivity index (χ0) is 9.40. The molecule has 1 aliphatic carbocycles. The molecule has 1 fully saturated rings. The van der Waals surface area contributed by atoms with Gasteiger partial charge in [0.05, 0.1) is 0 Å². The zero-order valence-corrected chi connectivity index (χ0v) is 8.52. The van der Waals surface area contributed by atoms with Crippen molar-refractivity contribution in [3.8, 4) is 0 Å². The molecule has 0 aliphatic heterocycles. The predicted molar refractivity (Wildman–Crippen MR) is 54.2 cm³/mol. The van der Waals surface area contributed by atoms with Crippen molar-refractivity contribution in [2.24, 2.45) is 0 Å². The summed E-state index contributed by atoms with van der Waals surface area (Å²) < 4.78 is 0. The second kappa shape index (κ2) is 7.14. The summed E-state index contributed by atoms with van der Waals surface area (Å²) in [4.78, 5) is 10.9. The van der Waals surface area contributed by atoms with Crippen molar-refractivity contribution in [2.45, 2.75) is 58.9 Å². The van der Waals surface area contributed by atoms with Gasteiger partial charge in [0, 0.05) is 13.9 Å². The number of nitrogens with one attached hydrogen (secondary N) is 1. The van der Waals surface area contributed by atoms with Crippen LogP contribution in [0.25, 0.3) is 0 Å². The topological polar surface area (TPSA) is 29.1 Å². The van der Waals surface area contributed by atoms with Crippen LogP contribution in [0, 0.1) is 0 Å². The largest absolute Gasteiger partial charge is 0.353 e. The molecule has 1 saturated carbocycles. The van der Waals surface area contributed by atoms with E-state index in [1.807, 2.05) is 20.8 Å². The maximum atomic E-state index is 10.9. The van der Waals surface area contributed by atoms with Crippen LogP contribution in [0.1, 0.15) is 54.3 Å². The average Bonchev–Trinajstić information content (AvgIpc) is 2.60. The van der Waals surface area contributed by atoms with E-state index in [1.165, 1.54) is 25.7 Å². The van der Waals surface area contributed by atoms with Gasteiger partial charge in [-0.3, -0.25) is 4.79 Å². The summed E-state index contributed by atoms with van der Waals surface area (Å²) in [5.74, 6) is 0.201. The summed E-state index contributed by atoms with van der Waals surface area (Å²) in [6.45, 7) is 5.89. The molecule has 0 heterocycles. The van der Waals surface area contributed by atoms with Gasteiger partial charge in [-0.1, -0.05) is 33.6 Å². The lowest BCUT2D eigenvalue weighted by Crippen LogP contribution is -2.31. The van der Waals surface area contributed by atoms with Crippen LogP contribution in [0.3, 0.4) is 0 Å². The Morgan fingerprint density at radius 3 is 2.33 bits per heavy atom. The summed E-state index contributed by atoms with van der Waals surface area (Å²) in [5.41, 5.74) is 0. The van der Waals surface area contributed by atoms with Gasteiger partial charge in [-0.25, -0.2) is 0 Å². The molecular formula is C10H23NO. The van der Waals surface area contributed by atoms with Crippen LogP contribution in [0.2, 0.25) is 0 Å². The Kier molecular flexibility index (Phi) is 6.82. The van der Waals surface area contributed by atoms with Gasteiger partial charge >= 0.3 is 0 Å². The highest BCUT2D eigenvalue weighted by molar-refractivity contribution is 5.75. The van der Waals surface area contributed by atoms with Crippen molar-refractivity contribution >= 4 is 5.91 Å². The van der Waals surface area contributed by atoms with E-state index in [4.69, 9.17) is 0 Å². The fraction of sp³-hybridized carbons (Fsp3) is 0.900. The number of rotatable bonds is 2. The molecule has 1 amide bonds. The Bertz CT molecular complexity index is 122. The van der Waals surface area contributed by atoms with Crippen molar-refractivity contribution in [1.29, 1.82) is 0 Å². The fourth-order valence-corrected chi connectivity index (χ4v) is 1.40. The summed E-state index contributed by atoms with van der Waals surface area (Å²) in [6.07, 6.45) is 5.57. The Hall–Kier alpha value is -0.530. The Morgan fingerprint density at radius 2 is 1.92 bits per heavy atom. The molecule has 0 radical (unpaired) electrons. The molecule has 0 unspecified atom stereocenters. The third-order valence-electron chi connectivity index (χ3n) is 2.04. The van der Waals surface area contributed by atoms with Crippen molar-refractivity contribution < 1.29 is 6.22 Å². The van der Waals surface area contributed by atoms with E-state index in [2.05, 4.69) is 5.32 Å². The minimum absolute atomic E-state index is 0. The SMILES string of the molecule is CC.CCC(=O)NC1CCCC1.[HH]. The normalized spacial score (nSPS) is 16.6. The maximum absolute atomic E-state index is 10.9. The predicted octanol–water partition coefficient (Wildman–Crippen LogP) is 2.73. The first-order chi connectivity index (χ1) is 5.83. The lowest BCUT2D eigenvalue weighted by molar-refractivity contribution is -0.121. The number of amides is 1. The maximum Gasteiger partial charge on any atom is 0.219 e. The van der Waals surface area contributed by atoms with E-state index in [0.29, 0.717) is 12.5 Å². The van der Waals surface area contributed by atoms with Crippen LogP contribution in [-0.4, -0.2) is 11.9 Å². The average molecular weight is 173 g/mol. The van der Waals surface area contributed by atoms with E-state index in [9.17, 15) is 4.79 Å². The van der Waals surface area contributed by atoms with E-state index < -0.39 is 0 Å². The summed E-state index contributed by atoms with van der Waals surface area (Å²) in [5, 5.41) is 2.99. The molecule has 0 aromatic rings. The second-order valence-corrected chi connectivity index (χ2v) is 2.90. The molecule has 2 heteroatoms. The van der Waals surface area contributed by atoms with E-state index in [-0.39, 0.29) is 7.33 Å². The molecule has 0 bridgehead atoms. The van der Waals surface area contributed by atoms with Gasteiger partial charge in [-0.2, -0.15) is 0 Å². The van der Waals surface area contributed by atoms with Crippen LogP contribution < -0.4 is 5.32 Å². The molecule has 74 valence electrons. The number of carbonyl (C=O) groups excluding carboxylic acids is 1. The minimum Gasteiger partial charge on any atom is -0.353 e. The quantitative estimate of drug-likeness (QED) is 0.683. The molecule has 0 aromatic heterocycles. The number of hydrogen-bond donors (Lipinski definition) is 1. The highest BCUT2D eigenvalue weighted by atomic mass is 16.1. The monoisotopic (exact) mass is 173 g/mol. The molecule has 0 aromatic carbocycles. The van der Waals surface area contributed by atoms with Gasteiger partial charge in [-0.15, -0.1) is 0 Å². The fourth-order valence-electron chi connectivity index (χ4n) is 1.40. The number of carbonyl (C=O) groups is 1. The molecular weight excluding hydrogens is 150 g/mol. The first-order valence-corrected chi connectivity index (χ1v) is 5.12. The smallest absolute Gasteiger partial charge is 0.219 e. The van der Waals surface area contributed by atoms with Gasteiger partial charge < -0.3 is 5.32 Å². The Morgan fingerprint density at radius 1 is 1.42 bits per heavy atom. The third kappa shape index (κ3) is 4.37. The molecule has 12 heavy (non-hydrogen) atoms. The van der Waals surface area contributed by atoms with Crippen molar-refractivity contribution in [3.05, 3.63) is 0 Å². The summed E-state index contributed by atoms with van der Waals surface area (Å²) >= 11 is 0. The van der Waals surface area contributed by atoms with Gasteiger partial charge in [0.15, 0.2) is 0 Å². The summed E-state index contributed by atoms with van der Waals surface area (Å²) in [6, 6.07) is 0.493. The molecule has 2 nitrogen and oxygen atoms in total. The van der Waals surface area contributed by atoms with Gasteiger partial charge in [0.25, 0.3) is 0 Å². The van der Waals surface area contributed by atoms with Crippen LogP contribution in [0.4, 0.5) is 0 Å². The number of hydrogen-bond acceptors (Lipinski definition) is 1. The molecule has 1 aliphatic rings. The Labute approximate surface area is 77.2 Å². The van der Waals surface area contributed by atoms with Crippen LogP contribution >= 0.6 is 0 Å². The summed E-state index contributed by atoms with van der Waals surface area (Å²) in [7, 11) is 0. The lowest BCUT2D eigenvalue weighted by atomic mass is 10.2. The van der Waals surface area contributed by atoms with E-state index >= 15 is 0 Å². The molecule has 0 atom stereocenters. The van der Waals surface area contributed by atoms with Crippen LogP contribution in [0.5, 0.6) is 0 Å². The molecule has 1 rings (SSSR count). The lowest BCUT2D eigenvalue weighted by Gasteiger charge is -2.09. The van der Waals surface area contributed by atoms with Crippen molar-refractivity contribution in [3.63, 3.8) is 0 Å². The van der Waals surface area contributed by atoms with Crippen LogP contribution in [0.15, 0.2) is 0 Å². The highest BCUT2D eigenvalue weighted by Crippen LogP contribution is 2.17. The van der Waals surface area contributed by atoms with Crippen molar-refractivity contribution in [1.82, 2.24) is 5.32 Å². The van der Waals surface area contributed by atoms with Crippen molar-refractivity contribution in [2.75, 3.05) is 0 Å². The van der Waals surface area contributed by atoms with Gasteiger partial charge in [0.2, 0.25) is 5.91 Å². The Balaban J connectivity index is 0. The van der Waals surface area contributed by atoms with Crippen LogP contribution in [-0.2, 0) is 4.79 Å². The second-order valence-electron chi connectivity index (χ2n) is 2.90. The van der Waals surface area contributed by atoms with Gasteiger partial charge in [-0.05, 0) is 12.8 Å².